The second-order valence-electron chi connectivity index (χ2n) is 11.4. The highest BCUT2D eigenvalue weighted by molar-refractivity contribution is 5.45. The average Bonchev–Trinajstić information content (AvgIpc) is 3.04. The third-order valence-corrected chi connectivity index (χ3v) is 8.61. The van der Waals surface area contributed by atoms with E-state index in [0.717, 1.165) is 30.8 Å². The van der Waals surface area contributed by atoms with Gasteiger partial charge in [-0.05, 0) is 92.3 Å². The maximum Gasteiger partial charge on any atom is 0.102 e. The Bertz CT molecular complexity index is 753. The highest BCUT2D eigenvalue weighted by Gasteiger charge is 2.50. The van der Waals surface area contributed by atoms with Crippen LogP contribution in [0.5, 0.6) is 0 Å². The van der Waals surface area contributed by atoms with Gasteiger partial charge in [-0.15, -0.1) is 0 Å². The first-order chi connectivity index (χ1) is 14.4. The number of aliphatic hydroxyl groups is 3. The minimum atomic E-state index is -0.842. The highest BCUT2D eigenvalue weighted by atomic mass is 16.3. The van der Waals surface area contributed by atoms with Gasteiger partial charge in [-0.25, -0.2) is 0 Å². The van der Waals surface area contributed by atoms with Crippen LogP contribution in [-0.4, -0.2) is 33.1 Å². The Hall–Kier alpha value is -1.16. The third kappa shape index (κ3) is 5.26. The Morgan fingerprint density at radius 3 is 2.58 bits per heavy atom. The van der Waals surface area contributed by atoms with Gasteiger partial charge in [-0.3, -0.25) is 0 Å². The predicted octanol–water partition coefficient (Wildman–Crippen LogP) is 5.87. The van der Waals surface area contributed by atoms with Crippen LogP contribution in [0, 0.1) is 23.2 Å². The van der Waals surface area contributed by atoms with Crippen LogP contribution in [0.4, 0.5) is 0 Å². The van der Waals surface area contributed by atoms with Gasteiger partial charge >= 0.3 is 0 Å². The lowest BCUT2D eigenvalue weighted by Gasteiger charge is -2.44. The van der Waals surface area contributed by atoms with Crippen LogP contribution in [0.2, 0.25) is 0 Å². The standard InChI is InChI=1S/C28H44O3/c1-18(9-7-15-27(4,5)31)23-13-14-24-21(10-8-16-28(23,24)6)11-12-22-17-25(29)20(3)26(30)19(22)2/h11-12,18,23-26,29-31H,2-3,7-10,13-17H2,1,4-6H3/b21-11-,22-12+/t18-,23+,24-,25+,26+,28+/m0/s1. The summed E-state index contributed by atoms with van der Waals surface area (Å²) in [4.78, 5) is 0. The van der Waals surface area contributed by atoms with Gasteiger partial charge in [0.15, 0.2) is 0 Å². The van der Waals surface area contributed by atoms with E-state index in [9.17, 15) is 15.3 Å². The summed E-state index contributed by atoms with van der Waals surface area (Å²) in [5.41, 5.74) is 3.41. The molecule has 3 saturated carbocycles. The van der Waals surface area contributed by atoms with E-state index >= 15 is 0 Å². The molecule has 0 aromatic heterocycles. The zero-order valence-electron chi connectivity index (χ0n) is 20.2. The molecular formula is C28H44O3. The van der Waals surface area contributed by atoms with Crippen LogP contribution in [0.1, 0.15) is 85.5 Å². The first kappa shape index (κ1) is 24.5. The summed E-state index contributed by atoms with van der Waals surface area (Å²) in [5, 5.41) is 30.5. The van der Waals surface area contributed by atoms with E-state index in [1.165, 1.54) is 37.7 Å². The fourth-order valence-corrected chi connectivity index (χ4v) is 6.71. The van der Waals surface area contributed by atoms with E-state index in [2.05, 4.69) is 39.2 Å². The van der Waals surface area contributed by atoms with Crippen LogP contribution in [0.3, 0.4) is 0 Å². The molecule has 3 heteroatoms. The van der Waals surface area contributed by atoms with E-state index in [4.69, 9.17) is 0 Å². The summed E-state index contributed by atoms with van der Waals surface area (Å²) in [6.07, 6.45) is 12.7. The summed E-state index contributed by atoms with van der Waals surface area (Å²) in [6, 6.07) is 0. The zero-order valence-corrected chi connectivity index (χ0v) is 20.2. The molecule has 3 aliphatic carbocycles. The Morgan fingerprint density at radius 2 is 1.90 bits per heavy atom. The van der Waals surface area contributed by atoms with Crippen molar-refractivity contribution < 1.29 is 15.3 Å². The molecule has 0 heterocycles. The Morgan fingerprint density at radius 1 is 1.19 bits per heavy atom. The predicted molar refractivity (Wildman–Crippen MR) is 129 cm³/mol. The minimum Gasteiger partial charge on any atom is -0.390 e. The molecule has 0 radical (unpaired) electrons. The maximum atomic E-state index is 10.3. The zero-order chi connectivity index (χ0) is 23.0. The molecule has 3 fully saturated rings. The second-order valence-corrected chi connectivity index (χ2v) is 11.4. The van der Waals surface area contributed by atoms with Crippen LogP contribution in [0.15, 0.2) is 47.6 Å². The summed E-state index contributed by atoms with van der Waals surface area (Å²) in [7, 11) is 0. The largest absolute Gasteiger partial charge is 0.390 e. The molecule has 3 aliphatic rings. The summed E-state index contributed by atoms with van der Waals surface area (Å²) >= 11 is 0. The van der Waals surface area contributed by atoms with E-state index in [1.807, 2.05) is 13.8 Å². The SMILES string of the molecule is C=C1/C(=C/C=C2/CCC[C@]3(C)[C@@H]([C@@H](C)CCCC(C)(C)O)CC[C@@H]23)C[C@@H](O)C(=C)[C@@H]1O. The third-order valence-electron chi connectivity index (χ3n) is 8.61. The van der Waals surface area contributed by atoms with Crippen molar-refractivity contribution in [1.29, 1.82) is 0 Å². The van der Waals surface area contributed by atoms with Crippen LogP contribution in [-0.2, 0) is 0 Å². The van der Waals surface area contributed by atoms with Gasteiger partial charge in [0.2, 0.25) is 0 Å². The molecule has 174 valence electrons. The molecule has 0 unspecified atom stereocenters. The number of allylic oxidation sites excluding steroid dienone is 3. The van der Waals surface area contributed by atoms with Crippen molar-refractivity contribution in [2.24, 2.45) is 23.2 Å². The molecule has 0 spiro atoms. The van der Waals surface area contributed by atoms with Gasteiger partial charge in [-0.1, -0.05) is 57.6 Å². The quantitative estimate of drug-likeness (QED) is 0.464. The van der Waals surface area contributed by atoms with E-state index in [0.29, 0.717) is 34.8 Å². The van der Waals surface area contributed by atoms with E-state index in [1.54, 1.807) is 0 Å². The molecule has 3 N–H and O–H groups in total. The number of hydrogen-bond donors (Lipinski definition) is 3. The van der Waals surface area contributed by atoms with Crippen molar-refractivity contribution >= 4 is 0 Å². The lowest BCUT2D eigenvalue weighted by Crippen LogP contribution is -2.36. The van der Waals surface area contributed by atoms with Gasteiger partial charge in [0.25, 0.3) is 0 Å². The molecule has 0 aliphatic heterocycles. The number of aliphatic hydroxyl groups excluding tert-OH is 2. The van der Waals surface area contributed by atoms with Crippen LogP contribution < -0.4 is 0 Å². The van der Waals surface area contributed by atoms with Crippen molar-refractivity contribution in [3.63, 3.8) is 0 Å². The fourth-order valence-electron chi connectivity index (χ4n) is 6.71. The van der Waals surface area contributed by atoms with Crippen LogP contribution in [0.25, 0.3) is 0 Å². The normalized spacial score (nSPS) is 38.0. The molecular weight excluding hydrogens is 384 g/mol. The van der Waals surface area contributed by atoms with E-state index in [-0.39, 0.29) is 0 Å². The van der Waals surface area contributed by atoms with Crippen molar-refractivity contribution in [2.75, 3.05) is 0 Å². The van der Waals surface area contributed by atoms with Gasteiger partial charge in [0.05, 0.1) is 11.7 Å². The second kappa shape index (κ2) is 9.37. The Labute approximate surface area is 189 Å². The number of rotatable bonds is 6. The minimum absolute atomic E-state index is 0.355. The molecule has 3 nitrogen and oxygen atoms in total. The molecule has 6 atom stereocenters. The molecule has 0 amide bonds. The van der Waals surface area contributed by atoms with Crippen molar-refractivity contribution in [2.45, 2.75) is 103 Å². The average molecular weight is 429 g/mol. The topological polar surface area (TPSA) is 60.7 Å². The maximum absolute atomic E-state index is 10.3. The number of hydrogen-bond acceptors (Lipinski definition) is 3. The molecule has 3 rings (SSSR count). The molecule has 0 aromatic carbocycles. The van der Waals surface area contributed by atoms with Gasteiger partial charge in [0.1, 0.15) is 6.10 Å². The Kier molecular flexibility index (Phi) is 7.40. The summed E-state index contributed by atoms with van der Waals surface area (Å²) < 4.78 is 0. The van der Waals surface area contributed by atoms with Gasteiger partial charge in [0, 0.05) is 6.42 Å². The first-order valence-electron chi connectivity index (χ1n) is 12.3. The van der Waals surface area contributed by atoms with Crippen molar-refractivity contribution in [1.82, 2.24) is 0 Å². The first-order valence-corrected chi connectivity index (χ1v) is 12.3. The van der Waals surface area contributed by atoms with Crippen molar-refractivity contribution in [3.05, 3.63) is 47.6 Å². The molecule has 0 saturated heterocycles. The van der Waals surface area contributed by atoms with Crippen LogP contribution >= 0.6 is 0 Å². The molecule has 31 heavy (non-hydrogen) atoms. The Balaban J connectivity index is 1.72. The van der Waals surface area contributed by atoms with Gasteiger partial charge in [-0.2, -0.15) is 0 Å². The molecule has 0 aromatic rings. The lowest BCUT2D eigenvalue weighted by molar-refractivity contribution is 0.0596. The highest BCUT2D eigenvalue weighted by Crippen LogP contribution is 2.60. The molecule has 0 bridgehead atoms. The van der Waals surface area contributed by atoms with Crippen molar-refractivity contribution in [3.8, 4) is 0 Å². The monoisotopic (exact) mass is 428 g/mol. The summed E-state index contributed by atoms with van der Waals surface area (Å²) in [6.45, 7) is 16.6. The van der Waals surface area contributed by atoms with Gasteiger partial charge < -0.3 is 15.3 Å². The lowest BCUT2D eigenvalue weighted by atomic mass is 9.60. The summed E-state index contributed by atoms with van der Waals surface area (Å²) in [5.74, 6) is 2.05. The fraction of sp³-hybridized carbons (Fsp3) is 0.714. The number of fused-ring (bicyclic) bond motifs is 1. The smallest absolute Gasteiger partial charge is 0.102 e. The van der Waals surface area contributed by atoms with E-state index < -0.39 is 17.8 Å².